The number of ether oxygens (including phenoxy) is 1. The lowest BCUT2D eigenvalue weighted by Gasteiger charge is -2.35. The molecule has 1 amide bonds. The first-order chi connectivity index (χ1) is 24.6. The molecule has 11 nitrogen and oxygen atoms in total. The first-order valence-corrected chi connectivity index (χ1v) is 18.2. The van der Waals surface area contributed by atoms with Crippen molar-refractivity contribution in [1.29, 1.82) is 0 Å². The van der Waals surface area contributed by atoms with Crippen molar-refractivity contribution >= 4 is 28.2 Å². The number of anilines is 2. The Balaban J connectivity index is 1.16. The molecule has 2 fully saturated rings. The Hall–Kier alpha value is -4.52. The predicted octanol–water partition coefficient (Wildman–Crippen LogP) is 4.79. The summed E-state index contributed by atoms with van der Waals surface area (Å²) in [5.74, 6) is 0.686. The molecule has 2 aromatic carbocycles. The largest absolute Gasteiger partial charge is 0.508 e. The molecule has 6 heterocycles. The number of hydrogen-bond acceptors (Lipinski definition) is 9. The van der Waals surface area contributed by atoms with Crippen LogP contribution in [0.1, 0.15) is 60.8 Å². The minimum atomic E-state index is -0.864. The van der Waals surface area contributed by atoms with E-state index in [2.05, 4.69) is 14.7 Å². The van der Waals surface area contributed by atoms with Crippen LogP contribution in [0.25, 0.3) is 10.8 Å². The molecule has 13 heteroatoms. The Morgan fingerprint density at radius 1 is 1.08 bits per heavy atom. The normalized spacial score (nSPS) is 21.8. The van der Waals surface area contributed by atoms with Gasteiger partial charge in [0, 0.05) is 69.4 Å². The van der Waals surface area contributed by atoms with Gasteiger partial charge in [-0.1, -0.05) is 13.0 Å². The summed E-state index contributed by atoms with van der Waals surface area (Å²) < 4.78 is 38.2. The number of likely N-dealkylation sites (N-methyl/N-ethyl adjacent to an activating group) is 1. The van der Waals surface area contributed by atoms with Crippen LogP contribution in [0.2, 0.25) is 0 Å². The molecule has 0 saturated carbocycles. The molecule has 8 rings (SSSR count). The van der Waals surface area contributed by atoms with Crippen LogP contribution in [-0.2, 0) is 43.7 Å². The molecule has 0 bridgehead atoms. The van der Waals surface area contributed by atoms with Crippen molar-refractivity contribution in [3.63, 3.8) is 0 Å². The van der Waals surface area contributed by atoms with Gasteiger partial charge in [-0.3, -0.25) is 14.4 Å². The molecular weight excluding hydrogens is 654 g/mol. The van der Waals surface area contributed by atoms with Gasteiger partial charge in [0.15, 0.2) is 0 Å². The quantitative estimate of drug-likeness (QED) is 0.278. The molecule has 4 aliphatic rings. The number of benzene rings is 2. The maximum Gasteiger partial charge on any atom is 0.318 e. The number of carbonyl (C=O) groups excluding carboxylic acids is 1. The second-order valence-corrected chi connectivity index (χ2v) is 14.8. The highest BCUT2D eigenvalue weighted by Crippen LogP contribution is 2.42. The minimum Gasteiger partial charge on any atom is -0.508 e. The zero-order chi connectivity index (χ0) is 35.4. The first-order valence-electron chi connectivity index (χ1n) is 18.2. The summed E-state index contributed by atoms with van der Waals surface area (Å²) in [6, 6.07) is 8.89. The fourth-order valence-corrected chi connectivity index (χ4v) is 8.74. The predicted molar refractivity (Wildman–Crippen MR) is 191 cm³/mol. The van der Waals surface area contributed by atoms with Gasteiger partial charge in [0.1, 0.15) is 30.2 Å². The fraction of sp³-hybridized carbons (Fsp3) is 0.526. The zero-order valence-corrected chi connectivity index (χ0v) is 29.7. The summed E-state index contributed by atoms with van der Waals surface area (Å²) in [6.45, 7) is 6.67. The lowest BCUT2D eigenvalue weighted by molar-refractivity contribution is -0.128. The number of rotatable bonds is 8. The smallest absolute Gasteiger partial charge is 0.318 e. The van der Waals surface area contributed by atoms with E-state index in [9.17, 15) is 14.3 Å². The molecule has 1 N–H and O–H groups in total. The Kier molecular flexibility index (Phi) is 8.72. The topological polar surface area (TPSA) is 103 Å². The zero-order valence-electron chi connectivity index (χ0n) is 29.7. The number of alkyl halides is 1. The maximum absolute atomic E-state index is 15.1. The molecule has 51 heavy (non-hydrogen) atoms. The number of phenolic OH excluding ortho intramolecular Hbond substituents is 1. The Morgan fingerprint density at radius 2 is 1.94 bits per heavy atom. The van der Waals surface area contributed by atoms with Gasteiger partial charge in [0.05, 0.1) is 42.1 Å². The summed E-state index contributed by atoms with van der Waals surface area (Å²) in [7, 11) is 3.50. The van der Waals surface area contributed by atoms with E-state index in [1.54, 1.807) is 37.2 Å². The van der Waals surface area contributed by atoms with E-state index in [0.717, 1.165) is 83.8 Å². The van der Waals surface area contributed by atoms with Gasteiger partial charge in [-0.2, -0.15) is 15.1 Å². The van der Waals surface area contributed by atoms with Gasteiger partial charge in [-0.15, -0.1) is 0 Å². The summed E-state index contributed by atoms with van der Waals surface area (Å²) in [4.78, 5) is 30.8. The number of phenols is 1. The fourth-order valence-electron chi connectivity index (χ4n) is 8.74. The lowest BCUT2D eigenvalue weighted by atomic mass is 9.95. The summed E-state index contributed by atoms with van der Waals surface area (Å²) in [6.07, 6.45) is 3.73. The van der Waals surface area contributed by atoms with Crippen molar-refractivity contribution < 1.29 is 23.4 Å². The van der Waals surface area contributed by atoms with Crippen LogP contribution in [0, 0.1) is 5.82 Å². The number of nitrogens with zero attached hydrogens (tertiary/aromatic N) is 8. The summed E-state index contributed by atoms with van der Waals surface area (Å²) >= 11 is 0. The Bertz CT molecular complexity index is 1980. The van der Waals surface area contributed by atoms with Crippen LogP contribution in [-0.4, -0.2) is 99.2 Å². The average Bonchev–Trinajstić information content (AvgIpc) is 3.72. The van der Waals surface area contributed by atoms with Crippen molar-refractivity contribution in [3.05, 3.63) is 64.4 Å². The highest BCUT2D eigenvalue weighted by atomic mass is 19.1. The monoisotopic (exact) mass is 700 g/mol. The number of aromatic hydroxyl groups is 1. The van der Waals surface area contributed by atoms with Crippen LogP contribution < -0.4 is 14.5 Å². The SMILES string of the molecule is CCc1c(F)ccc2cc(O)cc(N3CCc4c(nc(OC[C@@]56CCCN5C[C@H](F)C6)nc4N4CCCn5nc(CC(=O)N(C)C)cc5C4)C3)c12. The first kappa shape index (κ1) is 33.6. The molecule has 0 unspecified atom stereocenters. The Morgan fingerprint density at radius 3 is 2.76 bits per heavy atom. The third-order valence-corrected chi connectivity index (χ3v) is 11.3. The third-order valence-electron chi connectivity index (χ3n) is 11.3. The van der Waals surface area contributed by atoms with Gasteiger partial charge in [0.2, 0.25) is 5.91 Å². The average molecular weight is 701 g/mol. The van der Waals surface area contributed by atoms with E-state index in [0.29, 0.717) is 57.6 Å². The summed E-state index contributed by atoms with van der Waals surface area (Å²) in [5, 5.41) is 17.1. The molecule has 0 aliphatic carbocycles. The van der Waals surface area contributed by atoms with Crippen LogP contribution in [0.15, 0.2) is 30.3 Å². The van der Waals surface area contributed by atoms with Gasteiger partial charge in [0.25, 0.3) is 0 Å². The molecule has 0 radical (unpaired) electrons. The molecule has 2 saturated heterocycles. The van der Waals surface area contributed by atoms with E-state index in [1.165, 1.54) is 6.07 Å². The summed E-state index contributed by atoms with van der Waals surface area (Å²) in [5.41, 5.74) is 4.66. The van der Waals surface area contributed by atoms with Crippen molar-refractivity contribution in [1.82, 2.24) is 29.5 Å². The molecule has 4 aromatic rings. The standard InChI is InChI=1S/C38H46F2N8O3/c1-4-29-31(40)8-7-24-15-28(49)18-33(35(24)29)45-14-9-30-32(22-45)41-37(51-23-38-10-5-12-47(38)20-25(39)19-38)42-36(30)46-11-6-13-48-27(21-46)16-26(43-48)17-34(50)44(2)3/h7-8,15-16,18,25,49H,4-6,9-14,17,19-23H2,1-3H3/t25-,38+/m1/s1. The second kappa shape index (κ2) is 13.2. The molecular formula is C38H46F2N8O3. The van der Waals surface area contributed by atoms with Crippen molar-refractivity contribution in [2.24, 2.45) is 0 Å². The lowest BCUT2D eigenvalue weighted by Crippen LogP contribution is -2.43. The maximum atomic E-state index is 15.1. The molecule has 2 atom stereocenters. The number of amides is 1. The molecule has 4 aliphatic heterocycles. The van der Waals surface area contributed by atoms with Crippen molar-refractivity contribution in [3.8, 4) is 11.8 Å². The molecule has 270 valence electrons. The van der Waals surface area contributed by atoms with Gasteiger partial charge in [-0.25, -0.2) is 8.78 Å². The number of carbonyl (C=O) groups is 1. The van der Waals surface area contributed by atoms with Gasteiger partial charge in [-0.05, 0) is 67.8 Å². The third kappa shape index (κ3) is 6.23. The van der Waals surface area contributed by atoms with E-state index < -0.39 is 6.17 Å². The number of hydrogen-bond donors (Lipinski definition) is 1. The minimum absolute atomic E-state index is 0.00581. The van der Waals surface area contributed by atoms with E-state index >= 15 is 4.39 Å². The van der Waals surface area contributed by atoms with Crippen LogP contribution >= 0.6 is 0 Å². The molecule has 2 aromatic heterocycles. The van der Waals surface area contributed by atoms with Crippen LogP contribution in [0.3, 0.4) is 0 Å². The highest BCUT2D eigenvalue weighted by Gasteiger charge is 2.49. The Labute approximate surface area is 296 Å². The second-order valence-electron chi connectivity index (χ2n) is 14.8. The van der Waals surface area contributed by atoms with Crippen molar-refractivity contribution in [2.75, 3.05) is 56.7 Å². The van der Waals surface area contributed by atoms with E-state index in [-0.39, 0.29) is 35.4 Å². The number of halogens is 2. The van der Waals surface area contributed by atoms with Gasteiger partial charge >= 0.3 is 6.01 Å². The van der Waals surface area contributed by atoms with Crippen molar-refractivity contribution in [2.45, 2.75) is 83.2 Å². The highest BCUT2D eigenvalue weighted by molar-refractivity contribution is 5.98. The van der Waals surface area contributed by atoms with E-state index in [1.807, 2.05) is 17.7 Å². The van der Waals surface area contributed by atoms with Crippen LogP contribution in [0.5, 0.6) is 11.8 Å². The van der Waals surface area contributed by atoms with Gasteiger partial charge < -0.3 is 24.5 Å². The van der Waals surface area contributed by atoms with Crippen LogP contribution in [0.4, 0.5) is 20.3 Å². The number of aromatic nitrogens is 4. The molecule has 0 spiro atoms. The number of fused-ring (bicyclic) bond motifs is 4. The van der Waals surface area contributed by atoms with E-state index in [4.69, 9.17) is 19.8 Å². The number of aryl methyl sites for hydroxylation is 2.